The van der Waals surface area contributed by atoms with Crippen LogP contribution in [0.5, 0.6) is 0 Å². The predicted molar refractivity (Wildman–Crippen MR) is 68.5 cm³/mol. The molecule has 1 rings (SSSR count). The van der Waals surface area contributed by atoms with Crippen LogP contribution in [0.2, 0.25) is 0 Å². The molecule has 0 aliphatic heterocycles. The maximum Gasteiger partial charge on any atom is 0.307 e. The summed E-state index contributed by atoms with van der Waals surface area (Å²) in [7, 11) is 0. The number of esters is 1. The number of nitro benzene ring substituents is 1. The summed E-state index contributed by atoms with van der Waals surface area (Å²) >= 11 is 0. The first-order valence-electron chi connectivity index (χ1n) is 5.20. The summed E-state index contributed by atoms with van der Waals surface area (Å²) in [6.07, 6.45) is -0.0707. The fraction of sp³-hybridized carbons (Fsp3) is 0.364. The second kappa shape index (κ2) is 7.62. The lowest BCUT2D eigenvalue weighted by atomic mass is 10.0. The number of nitro groups is 1. The molecule has 0 heterocycles. The van der Waals surface area contributed by atoms with E-state index in [4.69, 9.17) is 10.5 Å². The molecule has 0 unspecified atom stereocenters. The lowest BCUT2D eigenvalue weighted by molar-refractivity contribution is -0.385. The van der Waals surface area contributed by atoms with Crippen molar-refractivity contribution >= 4 is 24.1 Å². The zero-order chi connectivity index (χ0) is 12.8. The summed E-state index contributed by atoms with van der Waals surface area (Å²) in [5.41, 5.74) is 6.02. The zero-order valence-corrected chi connectivity index (χ0v) is 10.7. The second-order valence-electron chi connectivity index (χ2n) is 3.43. The van der Waals surface area contributed by atoms with Crippen molar-refractivity contribution in [2.75, 3.05) is 6.61 Å². The molecule has 0 aliphatic carbocycles. The number of nitrogens with two attached hydrogens (primary N) is 1. The Morgan fingerprint density at radius 2 is 2.11 bits per heavy atom. The van der Waals surface area contributed by atoms with Crippen molar-refractivity contribution in [2.45, 2.75) is 19.4 Å². The number of benzene rings is 1. The fourth-order valence-electron chi connectivity index (χ4n) is 1.48. The Morgan fingerprint density at radius 3 is 2.67 bits per heavy atom. The van der Waals surface area contributed by atoms with Gasteiger partial charge in [-0.15, -0.1) is 12.4 Å². The Bertz CT molecular complexity index is 425. The van der Waals surface area contributed by atoms with E-state index in [1.54, 1.807) is 25.1 Å². The molecular weight excluding hydrogens is 260 g/mol. The standard InChI is InChI=1S/C11H14N2O4.ClH/c1-2-17-11(14)7-9(12)8-5-3-4-6-10(8)13(15)16;/h3-6,9H,2,7,12H2,1H3;1H/t9-;/m0./s1. The van der Waals surface area contributed by atoms with Gasteiger partial charge in [-0.25, -0.2) is 0 Å². The lowest BCUT2D eigenvalue weighted by Gasteiger charge is -2.11. The van der Waals surface area contributed by atoms with Crippen LogP contribution >= 0.6 is 12.4 Å². The van der Waals surface area contributed by atoms with Gasteiger partial charge in [0.1, 0.15) is 0 Å². The Balaban J connectivity index is 0.00000289. The SMILES string of the molecule is CCOC(=O)C[C@H](N)c1ccccc1[N+](=O)[O-].Cl. The molecule has 1 aromatic rings. The summed E-state index contributed by atoms with van der Waals surface area (Å²) in [4.78, 5) is 21.5. The molecule has 2 N–H and O–H groups in total. The number of ether oxygens (including phenoxy) is 1. The zero-order valence-electron chi connectivity index (χ0n) is 9.87. The molecule has 1 atom stereocenters. The average molecular weight is 275 g/mol. The van der Waals surface area contributed by atoms with Crippen LogP contribution in [-0.4, -0.2) is 17.5 Å². The number of hydrogen-bond acceptors (Lipinski definition) is 5. The molecule has 0 saturated carbocycles. The van der Waals surface area contributed by atoms with Crippen LogP contribution in [0.3, 0.4) is 0 Å². The van der Waals surface area contributed by atoms with Crippen molar-refractivity contribution in [3.05, 3.63) is 39.9 Å². The van der Waals surface area contributed by atoms with Crippen LogP contribution in [0.15, 0.2) is 24.3 Å². The highest BCUT2D eigenvalue weighted by molar-refractivity contribution is 5.85. The van der Waals surface area contributed by atoms with E-state index in [-0.39, 0.29) is 31.1 Å². The monoisotopic (exact) mass is 274 g/mol. The lowest BCUT2D eigenvalue weighted by Crippen LogP contribution is -2.18. The molecule has 0 aromatic heterocycles. The van der Waals surface area contributed by atoms with Crippen molar-refractivity contribution in [2.24, 2.45) is 5.73 Å². The van der Waals surface area contributed by atoms with Gasteiger partial charge in [0.25, 0.3) is 5.69 Å². The van der Waals surface area contributed by atoms with E-state index in [0.29, 0.717) is 5.56 Å². The van der Waals surface area contributed by atoms with Crippen molar-refractivity contribution in [3.8, 4) is 0 Å². The predicted octanol–water partition coefficient (Wildman–Crippen LogP) is 1.97. The first-order valence-corrected chi connectivity index (χ1v) is 5.20. The highest BCUT2D eigenvalue weighted by Crippen LogP contribution is 2.25. The van der Waals surface area contributed by atoms with Gasteiger partial charge < -0.3 is 10.5 Å². The van der Waals surface area contributed by atoms with Gasteiger partial charge in [0.2, 0.25) is 0 Å². The van der Waals surface area contributed by atoms with E-state index in [1.165, 1.54) is 6.07 Å². The van der Waals surface area contributed by atoms with Gasteiger partial charge in [0.15, 0.2) is 0 Å². The molecular formula is C11H15ClN2O4. The highest BCUT2D eigenvalue weighted by Gasteiger charge is 2.21. The van der Waals surface area contributed by atoms with E-state index < -0.39 is 16.9 Å². The normalized spacial score (nSPS) is 11.2. The van der Waals surface area contributed by atoms with Crippen LogP contribution in [0.4, 0.5) is 5.69 Å². The minimum atomic E-state index is -0.726. The Labute approximate surface area is 111 Å². The van der Waals surface area contributed by atoms with Crippen molar-refractivity contribution < 1.29 is 14.5 Å². The Morgan fingerprint density at radius 1 is 1.50 bits per heavy atom. The number of carbonyl (C=O) groups excluding carboxylic acids is 1. The minimum Gasteiger partial charge on any atom is -0.466 e. The van der Waals surface area contributed by atoms with Crippen molar-refractivity contribution in [1.29, 1.82) is 0 Å². The van der Waals surface area contributed by atoms with Gasteiger partial charge in [-0.2, -0.15) is 0 Å². The Kier molecular flexibility index (Phi) is 6.92. The van der Waals surface area contributed by atoms with Crippen LogP contribution in [0.1, 0.15) is 24.9 Å². The third-order valence-electron chi connectivity index (χ3n) is 2.22. The van der Waals surface area contributed by atoms with E-state index >= 15 is 0 Å². The van der Waals surface area contributed by atoms with Crippen LogP contribution in [0, 0.1) is 10.1 Å². The maximum atomic E-state index is 11.2. The third-order valence-corrected chi connectivity index (χ3v) is 2.22. The first kappa shape index (κ1) is 16.3. The summed E-state index contributed by atoms with van der Waals surface area (Å²) in [6, 6.07) is 5.38. The number of halogens is 1. The summed E-state index contributed by atoms with van der Waals surface area (Å²) in [5, 5.41) is 10.8. The number of carbonyl (C=O) groups is 1. The molecule has 6 nitrogen and oxygen atoms in total. The molecule has 1 aromatic carbocycles. The van der Waals surface area contributed by atoms with Gasteiger partial charge in [-0.05, 0) is 6.92 Å². The number of nitrogens with zero attached hydrogens (tertiary/aromatic N) is 1. The molecule has 18 heavy (non-hydrogen) atoms. The van der Waals surface area contributed by atoms with E-state index in [2.05, 4.69) is 0 Å². The van der Waals surface area contributed by atoms with Gasteiger partial charge in [-0.1, -0.05) is 18.2 Å². The second-order valence-corrected chi connectivity index (χ2v) is 3.43. The fourth-order valence-corrected chi connectivity index (χ4v) is 1.48. The largest absolute Gasteiger partial charge is 0.466 e. The van der Waals surface area contributed by atoms with E-state index in [9.17, 15) is 14.9 Å². The smallest absolute Gasteiger partial charge is 0.307 e. The minimum absolute atomic E-state index is 0. The molecule has 0 fully saturated rings. The van der Waals surface area contributed by atoms with Crippen molar-refractivity contribution in [1.82, 2.24) is 0 Å². The van der Waals surface area contributed by atoms with E-state index in [1.807, 2.05) is 0 Å². The summed E-state index contributed by atoms with van der Waals surface area (Å²) in [5.74, 6) is -0.460. The Hall–Kier alpha value is -1.66. The topological polar surface area (TPSA) is 95.5 Å². The summed E-state index contributed by atoms with van der Waals surface area (Å²) < 4.78 is 4.75. The molecule has 0 radical (unpaired) electrons. The highest BCUT2D eigenvalue weighted by atomic mass is 35.5. The third kappa shape index (κ3) is 4.31. The maximum absolute atomic E-state index is 11.2. The van der Waals surface area contributed by atoms with Gasteiger partial charge in [0.05, 0.1) is 18.0 Å². The number of para-hydroxylation sites is 1. The molecule has 0 saturated heterocycles. The molecule has 7 heteroatoms. The van der Waals surface area contributed by atoms with Gasteiger partial charge in [-0.3, -0.25) is 14.9 Å². The van der Waals surface area contributed by atoms with Crippen molar-refractivity contribution in [3.63, 3.8) is 0 Å². The average Bonchev–Trinajstić information content (AvgIpc) is 2.29. The molecule has 0 spiro atoms. The van der Waals surface area contributed by atoms with Crippen LogP contribution < -0.4 is 5.73 Å². The number of hydrogen-bond donors (Lipinski definition) is 1. The quantitative estimate of drug-likeness (QED) is 0.503. The summed E-state index contributed by atoms with van der Waals surface area (Å²) in [6.45, 7) is 1.96. The van der Waals surface area contributed by atoms with E-state index in [0.717, 1.165) is 0 Å². The molecule has 100 valence electrons. The number of rotatable bonds is 5. The van der Waals surface area contributed by atoms with Crippen LogP contribution in [0.25, 0.3) is 0 Å². The van der Waals surface area contributed by atoms with Gasteiger partial charge in [0, 0.05) is 17.7 Å². The first-order chi connectivity index (χ1) is 8.06. The molecule has 0 amide bonds. The van der Waals surface area contributed by atoms with Crippen LogP contribution in [-0.2, 0) is 9.53 Å². The molecule has 0 bridgehead atoms. The van der Waals surface area contributed by atoms with Gasteiger partial charge >= 0.3 is 5.97 Å². The molecule has 0 aliphatic rings.